The van der Waals surface area contributed by atoms with Crippen molar-refractivity contribution in [1.29, 1.82) is 0 Å². The highest BCUT2D eigenvalue weighted by atomic mass is 16.5. The van der Waals surface area contributed by atoms with Gasteiger partial charge in [0.2, 0.25) is 0 Å². The summed E-state index contributed by atoms with van der Waals surface area (Å²) in [6.45, 7) is 6.96. The van der Waals surface area contributed by atoms with Crippen LogP contribution < -0.4 is 9.64 Å². The molecule has 1 saturated heterocycles. The average Bonchev–Trinajstić information content (AvgIpc) is 3.09. The molecule has 8 nitrogen and oxygen atoms in total. The Kier molecular flexibility index (Phi) is 7.15. The molecule has 1 aliphatic rings. The molecule has 0 bridgehead atoms. The first-order valence-corrected chi connectivity index (χ1v) is 11.5. The van der Waals surface area contributed by atoms with E-state index in [0.717, 1.165) is 36.6 Å². The van der Waals surface area contributed by atoms with Crippen LogP contribution >= 0.6 is 0 Å². The maximum absolute atomic E-state index is 13.2. The zero-order valence-corrected chi connectivity index (χ0v) is 19.9. The Labute approximate surface area is 199 Å². The quantitative estimate of drug-likeness (QED) is 0.520. The number of rotatable bonds is 6. The van der Waals surface area contributed by atoms with Gasteiger partial charge in [-0.1, -0.05) is 0 Å². The van der Waals surface area contributed by atoms with Gasteiger partial charge in [-0.15, -0.1) is 0 Å². The molecular weight excluding hydrogens is 432 g/mol. The van der Waals surface area contributed by atoms with Gasteiger partial charge in [0.1, 0.15) is 11.3 Å². The predicted octanol–water partition coefficient (Wildman–Crippen LogP) is 3.72. The second kappa shape index (κ2) is 10.4. The molecule has 3 aromatic rings. The molecule has 0 atom stereocenters. The van der Waals surface area contributed by atoms with Gasteiger partial charge in [0.25, 0.3) is 5.91 Å². The number of carbonyl (C=O) groups is 2. The van der Waals surface area contributed by atoms with Crippen LogP contribution in [0.5, 0.6) is 5.75 Å². The monoisotopic (exact) mass is 462 g/mol. The third-order valence-corrected chi connectivity index (χ3v) is 6.08. The van der Waals surface area contributed by atoms with Crippen LogP contribution in [0.15, 0.2) is 54.7 Å². The zero-order chi connectivity index (χ0) is 24.1. The molecule has 0 N–H and O–H groups in total. The zero-order valence-electron chi connectivity index (χ0n) is 19.9. The maximum Gasteiger partial charge on any atom is 0.341 e. The topological polar surface area (TPSA) is 76.9 Å². The molecule has 0 saturated carbocycles. The number of benzene rings is 2. The van der Waals surface area contributed by atoms with Gasteiger partial charge in [0.05, 0.1) is 31.3 Å². The first-order chi connectivity index (χ1) is 16.5. The van der Waals surface area contributed by atoms with E-state index < -0.39 is 0 Å². The summed E-state index contributed by atoms with van der Waals surface area (Å²) in [7, 11) is 1.66. The summed E-state index contributed by atoms with van der Waals surface area (Å²) in [5, 5.41) is 4.32. The SMILES string of the molecule is CCOC(=O)c1cnn(-c2ccc(C(=O)N3CCCN(c4ccc(OC)cc4)CC3)cc2)c1C. The third-order valence-electron chi connectivity index (χ3n) is 6.08. The summed E-state index contributed by atoms with van der Waals surface area (Å²) in [5.41, 5.74) is 3.69. The molecule has 1 amide bonds. The molecular formula is C26H30N4O4. The van der Waals surface area contributed by atoms with Crippen molar-refractivity contribution in [2.24, 2.45) is 0 Å². The number of hydrogen-bond acceptors (Lipinski definition) is 6. The number of anilines is 1. The van der Waals surface area contributed by atoms with Crippen molar-refractivity contribution in [2.75, 3.05) is 44.8 Å². The van der Waals surface area contributed by atoms with Gasteiger partial charge >= 0.3 is 5.97 Å². The second-order valence-corrected chi connectivity index (χ2v) is 8.15. The van der Waals surface area contributed by atoms with E-state index in [1.165, 1.54) is 6.20 Å². The van der Waals surface area contributed by atoms with E-state index in [4.69, 9.17) is 9.47 Å². The fourth-order valence-corrected chi connectivity index (χ4v) is 4.18. The number of esters is 1. The van der Waals surface area contributed by atoms with Crippen molar-refractivity contribution in [3.63, 3.8) is 0 Å². The molecule has 2 aromatic carbocycles. The van der Waals surface area contributed by atoms with E-state index in [1.54, 1.807) is 18.7 Å². The highest BCUT2D eigenvalue weighted by Crippen LogP contribution is 2.22. The molecule has 8 heteroatoms. The molecule has 1 aromatic heterocycles. The molecule has 0 aliphatic carbocycles. The molecule has 0 spiro atoms. The van der Waals surface area contributed by atoms with Gasteiger partial charge in [-0.3, -0.25) is 4.79 Å². The Bertz CT molecular complexity index is 1140. The smallest absolute Gasteiger partial charge is 0.341 e. The fourth-order valence-electron chi connectivity index (χ4n) is 4.18. The Hall–Kier alpha value is -3.81. The standard InChI is InChI=1S/C26H30N4O4/c1-4-34-26(32)24-18-27-30(19(24)2)22-8-6-20(7-9-22)25(31)29-15-5-14-28(16-17-29)21-10-12-23(33-3)13-11-21/h6-13,18H,4-5,14-17H2,1-3H3. The summed E-state index contributed by atoms with van der Waals surface area (Å²) < 4.78 is 12.0. The Balaban J connectivity index is 1.42. The predicted molar refractivity (Wildman–Crippen MR) is 130 cm³/mol. The first kappa shape index (κ1) is 23.4. The van der Waals surface area contributed by atoms with E-state index >= 15 is 0 Å². The van der Waals surface area contributed by atoms with Crippen molar-refractivity contribution in [1.82, 2.24) is 14.7 Å². The number of amides is 1. The molecule has 178 valence electrons. The van der Waals surface area contributed by atoms with Gasteiger partial charge in [-0.2, -0.15) is 5.10 Å². The molecule has 34 heavy (non-hydrogen) atoms. The van der Waals surface area contributed by atoms with Crippen LogP contribution in [-0.4, -0.2) is 66.5 Å². The van der Waals surface area contributed by atoms with E-state index in [9.17, 15) is 9.59 Å². The van der Waals surface area contributed by atoms with Crippen molar-refractivity contribution in [3.05, 3.63) is 71.5 Å². The third kappa shape index (κ3) is 4.90. The van der Waals surface area contributed by atoms with Gasteiger partial charge in [-0.05, 0) is 68.8 Å². The molecule has 0 radical (unpaired) electrons. The van der Waals surface area contributed by atoms with Crippen LogP contribution in [0.4, 0.5) is 5.69 Å². The van der Waals surface area contributed by atoms with Crippen molar-refractivity contribution >= 4 is 17.6 Å². The maximum atomic E-state index is 13.2. The Morgan fingerprint density at radius 1 is 0.941 bits per heavy atom. The number of hydrogen-bond donors (Lipinski definition) is 0. The highest BCUT2D eigenvalue weighted by Gasteiger charge is 2.21. The van der Waals surface area contributed by atoms with E-state index in [0.29, 0.717) is 36.5 Å². The highest BCUT2D eigenvalue weighted by molar-refractivity contribution is 5.94. The first-order valence-electron chi connectivity index (χ1n) is 11.5. The van der Waals surface area contributed by atoms with E-state index in [2.05, 4.69) is 22.1 Å². The Morgan fingerprint density at radius 2 is 1.65 bits per heavy atom. The van der Waals surface area contributed by atoms with Crippen LogP contribution in [0.3, 0.4) is 0 Å². The minimum atomic E-state index is -0.386. The van der Waals surface area contributed by atoms with Gasteiger partial charge < -0.3 is 19.3 Å². The lowest BCUT2D eigenvalue weighted by Crippen LogP contribution is -2.35. The van der Waals surface area contributed by atoms with Crippen LogP contribution in [0.1, 0.15) is 39.8 Å². The van der Waals surface area contributed by atoms with Crippen LogP contribution in [0, 0.1) is 6.92 Å². The lowest BCUT2D eigenvalue weighted by molar-refractivity contribution is 0.0525. The molecule has 1 aliphatic heterocycles. The van der Waals surface area contributed by atoms with Crippen molar-refractivity contribution in [2.45, 2.75) is 20.3 Å². The number of methoxy groups -OCH3 is 1. The summed E-state index contributed by atoms with van der Waals surface area (Å²) in [5.74, 6) is 0.469. The minimum absolute atomic E-state index is 0.0209. The van der Waals surface area contributed by atoms with E-state index in [-0.39, 0.29) is 11.9 Å². The molecule has 2 heterocycles. The molecule has 1 fully saturated rings. The van der Waals surface area contributed by atoms with Gasteiger partial charge in [0.15, 0.2) is 0 Å². The van der Waals surface area contributed by atoms with Gasteiger partial charge in [0, 0.05) is 37.4 Å². The van der Waals surface area contributed by atoms with Gasteiger partial charge in [-0.25, -0.2) is 9.48 Å². The van der Waals surface area contributed by atoms with Crippen molar-refractivity contribution < 1.29 is 19.1 Å². The molecule has 0 unspecified atom stereocenters. The number of carbonyl (C=O) groups excluding carboxylic acids is 2. The Morgan fingerprint density at radius 3 is 2.32 bits per heavy atom. The number of aromatic nitrogens is 2. The summed E-state index contributed by atoms with van der Waals surface area (Å²) in [6.07, 6.45) is 2.41. The van der Waals surface area contributed by atoms with Crippen LogP contribution in [0.2, 0.25) is 0 Å². The largest absolute Gasteiger partial charge is 0.497 e. The lowest BCUT2D eigenvalue weighted by atomic mass is 10.1. The number of ether oxygens (including phenoxy) is 2. The second-order valence-electron chi connectivity index (χ2n) is 8.15. The van der Waals surface area contributed by atoms with E-state index in [1.807, 2.05) is 48.2 Å². The average molecular weight is 463 g/mol. The summed E-state index contributed by atoms with van der Waals surface area (Å²) >= 11 is 0. The number of nitrogens with zero attached hydrogens (tertiary/aromatic N) is 4. The molecule has 4 rings (SSSR count). The normalized spacial score (nSPS) is 14.0. The lowest BCUT2D eigenvalue weighted by Gasteiger charge is -2.24. The fraction of sp³-hybridized carbons (Fsp3) is 0.346. The summed E-state index contributed by atoms with van der Waals surface area (Å²) in [4.78, 5) is 29.4. The summed E-state index contributed by atoms with van der Waals surface area (Å²) in [6, 6.07) is 15.4. The van der Waals surface area contributed by atoms with Crippen LogP contribution in [0.25, 0.3) is 5.69 Å². The van der Waals surface area contributed by atoms with Crippen molar-refractivity contribution in [3.8, 4) is 11.4 Å². The minimum Gasteiger partial charge on any atom is -0.497 e. The van der Waals surface area contributed by atoms with Crippen LogP contribution in [-0.2, 0) is 4.74 Å².